The monoisotopic (exact) mass is 399 g/mol. The van der Waals surface area contributed by atoms with E-state index in [0.717, 1.165) is 23.3 Å². The van der Waals surface area contributed by atoms with Crippen LogP contribution in [0.4, 0.5) is 0 Å². The number of aromatic nitrogens is 2. The predicted molar refractivity (Wildman–Crippen MR) is 108 cm³/mol. The zero-order valence-corrected chi connectivity index (χ0v) is 16.5. The van der Waals surface area contributed by atoms with Crippen LogP contribution in [0.25, 0.3) is 10.2 Å². The summed E-state index contributed by atoms with van der Waals surface area (Å²) in [6, 6.07) is 9.57. The van der Waals surface area contributed by atoms with Crippen molar-refractivity contribution in [1.82, 2.24) is 14.5 Å². The van der Waals surface area contributed by atoms with Gasteiger partial charge in [0.05, 0.1) is 10.9 Å². The number of hydrogen-bond donors (Lipinski definition) is 1. The van der Waals surface area contributed by atoms with Gasteiger partial charge in [0.25, 0.3) is 5.56 Å². The lowest BCUT2D eigenvalue weighted by Crippen LogP contribution is -2.35. The van der Waals surface area contributed by atoms with E-state index in [2.05, 4.69) is 4.98 Å². The molecule has 0 saturated heterocycles. The fourth-order valence-corrected chi connectivity index (χ4v) is 3.92. The maximum Gasteiger partial charge on any atom is 0.337 e. The van der Waals surface area contributed by atoms with Crippen LogP contribution in [0.1, 0.15) is 35.1 Å². The number of amides is 1. The number of benzene rings is 1. The molecule has 0 atom stereocenters. The van der Waals surface area contributed by atoms with Crippen LogP contribution < -0.4 is 5.56 Å². The number of carbonyl (C=O) groups is 2. The molecular weight excluding hydrogens is 378 g/mol. The number of carboxylic acid groups (broad SMARTS) is 1. The first-order valence-corrected chi connectivity index (χ1v) is 9.82. The Hall–Kier alpha value is -3.00. The van der Waals surface area contributed by atoms with Gasteiger partial charge in [-0.3, -0.25) is 14.2 Å². The predicted octanol–water partition coefficient (Wildman–Crippen LogP) is 2.77. The molecule has 146 valence electrons. The standard InChI is InChI=1S/C20H21N3O4S/c1-3-7-15-21-18-17(14(12-28-18)20(26)27)19(25)23(15)11-16(24)22(2)10-13-8-5-4-6-9-13/h4-6,8-9,12H,3,7,10-11H2,1-2H3,(H,26,27). The Labute approximate surface area is 165 Å². The minimum absolute atomic E-state index is 0.0656. The molecule has 0 aliphatic carbocycles. The summed E-state index contributed by atoms with van der Waals surface area (Å²) in [6.45, 7) is 2.21. The van der Waals surface area contributed by atoms with Crippen molar-refractivity contribution in [1.29, 1.82) is 0 Å². The number of likely N-dealkylation sites (N-methyl/N-ethyl adjacent to an activating group) is 1. The normalized spacial score (nSPS) is 10.9. The summed E-state index contributed by atoms with van der Waals surface area (Å²) in [4.78, 5) is 43.6. The van der Waals surface area contributed by atoms with Gasteiger partial charge in [-0.2, -0.15) is 0 Å². The average Bonchev–Trinajstić information content (AvgIpc) is 3.10. The molecule has 2 heterocycles. The lowest BCUT2D eigenvalue weighted by Gasteiger charge is -2.19. The number of aryl methyl sites for hydroxylation is 1. The van der Waals surface area contributed by atoms with Gasteiger partial charge in [0.2, 0.25) is 5.91 Å². The van der Waals surface area contributed by atoms with Crippen LogP contribution in [0.15, 0.2) is 40.5 Å². The maximum atomic E-state index is 13.0. The Morgan fingerprint density at radius 2 is 1.96 bits per heavy atom. The fraction of sp³-hybridized carbons (Fsp3) is 0.300. The lowest BCUT2D eigenvalue weighted by atomic mass is 10.2. The molecule has 0 radical (unpaired) electrons. The number of nitrogens with zero attached hydrogens (tertiary/aromatic N) is 3. The van der Waals surface area contributed by atoms with Crippen molar-refractivity contribution in [2.75, 3.05) is 7.05 Å². The van der Waals surface area contributed by atoms with E-state index in [1.54, 1.807) is 11.9 Å². The van der Waals surface area contributed by atoms with Gasteiger partial charge in [0.15, 0.2) is 0 Å². The highest BCUT2D eigenvalue weighted by molar-refractivity contribution is 7.17. The molecule has 28 heavy (non-hydrogen) atoms. The average molecular weight is 399 g/mol. The highest BCUT2D eigenvalue weighted by Gasteiger charge is 2.21. The third-order valence-electron chi connectivity index (χ3n) is 4.46. The van der Waals surface area contributed by atoms with Crippen molar-refractivity contribution in [2.24, 2.45) is 0 Å². The van der Waals surface area contributed by atoms with Crippen LogP contribution in [-0.2, 0) is 24.3 Å². The first-order valence-electron chi connectivity index (χ1n) is 8.94. The summed E-state index contributed by atoms with van der Waals surface area (Å²) >= 11 is 1.13. The topological polar surface area (TPSA) is 92.5 Å². The molecule has 1 N–H and O–H groups in total. The molecule has 0 spiro atoms. The van der Waals surface area contributed by atoms with Gasteiger partial charge in [-0.25, -0.2) is 9.78 Å². The summed E-state index contributed by atoms with van der Waals surface area (Å²) in [5, 5.41) is 10.8. The van der Waals surface area contributed by atoms with E-state index in [4.69, 9.17) is 0 Å². The Bertz CT molecular complexity index is 1070. The third-order valence-corrected chi connectivity index (χ3v) is 5.33. The largest absolute Gasteiger partial charge is 0.478 e. The zero-order valence-electron chi connectivity index (χ0n) is 15.7. The number of carboxylic acids is 1. The molecule has 0 aliphatic heterocycles. The van der Waals surface area contributed by atoms with Gasteiger partial charge >= 0.3 is 5.97 Å². The van der Waals surface area contributed by atoms with Crippen LogP contribution in [0.5, 0.6) is 0 Å². The van der Waals surface area contributed by atoms with Gasteiger partial charge < -0.3 is 10.0 Å². The van der Waals surface area contributed by atoms with Crippen molar-refractivity contribution in [3.8, 4) is 0 Å². The van der Waals surface area contributed by atoms with Crippen LogP contribution in [0, 0.1) is 0 Å². The third kappa shape index (κ3) is 3.96. The van der Waals surface area contributed by atoms with Crippen molar-refractivity contribution in [3.63, 3.8) is 0 Å². The van der Waals surface area contributed by atoms with E-state index < -0.39 is 11.5 Å². The van der Waals surface area contributed by atoms with Crippen molar-refractivity contribution in [3.05, 3.63) is 63.0 Å². The zero-order chi connectivity index (χ0) is 20.3. The smallest absolute Gasteiger partial charge is 0.337 e. The van der Waals surface area contributed by atoms with E-state index in [1.165, 1.54) is 9.95 Å². The second-order valence-electron chi connectivity index (χ2n) is 6.54. The molecule has 8 heteroatoms. The summed E-state index contributed by atoms with van der Waals surface area (Å²) in [6.07, 6.45) is 1.28. The summed E-state index contributed by atoms with van der Waals surface area (Å²) in [5.41, 5.74) is 0.437. The highest BCUT2D eigenvalue weighted by Crippen LogP contribution is 2.22. The molecule has 1 amide bonds. The summed E-state index contributed by atoms with van der Waals surface area (Å²) in [7, 11) is 1.68. The lowest BCUT2D eigenvalue weighted by molar-refractivity contribution is -0.131. The van der Waals surface area contributed by atoms with Crippen LogP contribution in [0.3, 0.4) is 0 Å². The van der Waals surface area contributed by atoms with Gasteiger partial charge in [-0.1, -0.05) is 37.3 Å². The second kappa shape index (κ2) is 8.35. The number of carbonyl (C=O) groups excluding carboxylic acids is 1. The Morgan fingerprint density at radius 1 is 1.25 bits per heavy atom. The Balaban J connectivity index is 1.96. The number of hydrogen-bond acceptors (Lipinski definition) is 5. The van der Waals surface area contributed by atoms with E-state index in [1.807, 2.05) is 37.3 Å². The molecule has 0 fully saturated rings. The van der Waals surface area contributed by atoms with Crippen molar-refractivity contribution in [2.45, 2.75) is 32.9 Å². The first kappa shape index (κ1) is 19.8. The van der Waals surface area contributed by atoms with Gasteiger partial charge in [-0.15, -0.1) is 11.3 Å². The summed E-state index contributed by atoms with van der Waals surface area (Å²) in [5.74, 6) is -0.913. The fourth-order valence-electron chi connectivity index (χ4n) is 3.00. The van der Waals surface area contributed by atoms with Gasteiger partial charge in [0.1, 0.15) is 17.2 Å². The molecule has 0 saturated carbocycles. The molecule has 7 nitrogen and oxygen atoms in total. The number of thiophene rings is 1. The van der Waals surface area contributed by atoms with Gasteiger partial charge in [-0.05, 0) is 12.0 Å². The number of fused-ring (bicyclic) bond motifs is 1. The minimum Gasteiger partial charge on any atom is -0.478 e. The van der Waals surface area contributed by atoms with E-state index >= 15 is 0 Å². The number of rotatable bonds is 7. The number of aromatic carboxylic acids is 1. The van der Waals surface area contributed by atoms with E-state index in [9.17, 15) is 19.5 Å². The van der Waals surface area contributed by atoms with E-state index in [-0.39, 0.29) is 23.4 Å². The van der Waals surface area contributed by atoms with Crippen LogP contribution >= 0.6 is 11.3 Å². The second-order valence-corrected chi connectivity index (χ2v) is 7.40. The molecule has 0 aliphatic rings. The molecule has 2 aromatic heterocycles. The molecular formula is C20H21N3O4S. The van der Waals surface area contributed by atoms with Crippen LogP contribution in [-0.4, -0.2) is 38.5 Å². The molecule has 1 aromatic carbocycles. The van der Waals surface area contributed by atoms with Crippen molar-refractivity contribution >= 4 is 33.4 Å². The summed E-state index contributed by atoms with van der Waals surface area (Å²) < 4.78 is 1.31. The highest BCUT2D eigenvalue weighted by atomic mass is 32.1. The first-order chi connectivity index (χ1) is 13.4. The van der Waals surface area contributed by atoms with Crippen molar-refractivity contribution < 1.29 is 14.7 Å². The maximum absolute atomic E-state index is 13.0. The Kier molecular flexibility index (Phi) is 5.89. The minimum atomic E-state index is -1.17. The van der Waals surface area contributed by atoms with Crippen LogP contribution in [0.2, 0.25) is 0 Å². The molecule has 3 rings (SSSR count). The molecule has 0 unspecified atom stereocenters. The van der Waals surface area contributed by atoms with Gasteiger partial charge in [0, 0.05) is 25.4 Å². The molecule has 3 aromatic rings. The SMILES string of the molecule is CCCc1nc2scc(C(=O)O)c2c(=O)n1CC(=O)N(C)Cc1ccccc1. The quantitative estimate of drug-likeness (QED) is 0.659. The van der Waals surface area contributed by atoms with E-state index in [0.29, 0.717) is 23.6 Å². The molecule has 0 bridgehead atoms. The Morgan fingerprint density at radius 3 is 2.61 bits per heavy atom.